The van der Waals surface area contributed by atoms with Crippen molar-refractivity contribution in [3.05, 3.63) is 131 Å². The van der Waals surface area contributed by atoms with Gasteiger partial charge in [0.05, 0.1) is 36.7 Å². The van der Waals surface area contributed by atoms with Crippen LogP contribution in [-0.2, 0) is 6.42 Å². The maximum Gasteiger partial charge on any atom is 0.256 e. The van der Waals surface area contributed by atoms with Crippen molar-refractivity contribution >= 4 is 17.7 Å². The second kappa shape index (κ2) is 13.1. The van der Waals surface area contributed by atoms with E-state index in [1.165, 1.54) is 14.2 Å². The number of amides is 1. The number of anilines is 2. The smallest absolute Gasteiger partial charge is 0.256 e. The molecule has 2 aromatic carbocycles. The molecule has 0 bridgehead atoms. The van der Waals surface area contributed by atoms with Gasteiger partial charge in [-0.25, -0.2) is 4.98 Å². The van der Waals surface area contributed by atoms with Gasteiger partial charge < -0.3 is 26.3 Å². The van der Waals surface area contributed by atoms with E-state index < -0.39 is 11.9 Å². The summed E-state index contributed by atoms with van der Waals surface area (Å²) < 4.78 is 11.6. The van der Waals surface area contributed by atoms with Gasteiger partial charge >= 0.3 is 0 Å². The van der Waals surface area contributed by atoms with E-state index in [9.17, 15) is 4.79 Å². The van der Waals surface area contributed by atoms with Crippen LogP contribution in [0.1, 0.15) is 50.0 Å². The lowest BCUT2D eigenvalue weighted by molar-refractivity contribution is 0.0937. The quantitative estimate of drug-likeness (QED) is 0.235. The Morgan fingerprint density at radius 2 is 1.49 bits per heavy atom. The highest BCUT2D eigenvalue weighted by Crippen LogP contribution is 2.38. The van der Waals surface area contributed by atoms with Crippen molar-refractivity contribution in [1.29, 1.82) is 0 Å². The molecular weight excluding hydrogens is 542 g/mol. The molecule has 0 radical (unpaired) electrons. The van der Waals surface area contributed by atoms with Gasteiger partial charge in [-0.3, -0.25) is 14.8 Å². The van der Waals surface area contributed by atoms with Crippen LogP contribution in [0.15, 0.2) is 91.4 Å². The summed E-state index contributed by atoms with van der Waals surface area (Å²) in [4.78, 5) is 31.2. The number of ether oxygens (including phenoxy) is 2. The first-order valence-corrected chi connectivity index (χ1v) is 13.3. The number of nitrogen functional groups attached to an aromatic ring is 2. The van der Waals surface area contributed by atoms with E-state index in [1.807, 2.05) is 66.7 Å². The average molecular weight is 572 g/mol. The normalized spacial score (nSPS) is 10.5. The Labute approximate surface area is 249 Å². The molecule has 0 aliphatic carbocycles. The van der Waals surface area contributed by atoms with Crippen molar-refractivity contribution in [2.45, 2.75) is 12.5 Å². The van der Waals surface area contributed by atoms with Crippen LogP contribution in [0.2, 0.25) is 0 Å². The minimum absolute atomic E-state index is 0.0628. The number of carbonyl (C=O) groups is 1. The number of hydrogen-bond donors (Lipinski definition) is 3. The summed E-state index contributed by atoms with van der Waals surface area (Å²) in [7, 11) is 2.98. The SMILES string of the molecule is COc1c(C(=O)NC(c2ccccn2)c2ccccn2)cc(Cc2cnc(N)nc2N)c(C#Cc2ccccc2)c1OC. The molecule has 3 aromatic heterocycles. The number of nitrogens with one attached hydrogen (secondary N) is 1. The zero-order valence-electron chi connectivity index (χ0n) is 23.6. The van der Waals surface area contributed by atoms with Crippen LogP contribution in [0.25, 0.3) is 0 Å². The molecule has 0 unspecified atom stereocenters. The lowest BCUT2D eigenvalue weighted by atomic mass is 9.95. The highest BCUT2D eigenvalue weighted by molar-refractivity contribution is 5.99. The second-order valence-corrected chi connectivity index (χ2v) is 9.37. The number of nitrogens with two attached hydrogens (primary N) is 2. The van der Waals surface area contributed by atoms with Crippen molar-refractivity contribution in [3.63, 3.8) is 0 Å². The molecule has 0 fully saturated rings. The Hall–Kier alpha value is -5.95. The molecule has 214 valence electrons. The van der Waals surface area contributed by atoms with E-state index in [0.29, 0.717) is 33.8 Å². The summed E-state index contributed by atoms with van der Waals surface area (Å²) in [6, 6.07) is 21.6. The highest BCUT2D eigenvalue weighted by atomic mass is 16.5. The standard InChI is InChI=1S/C33H29N7O3/c1-42-29-24(15-14-21-10-4-3-5-11-21)22(18-23-20-38-33(35)40-31(23)34)19-25(30(29)43-2)32(41)39-28(26-12-6-8-16-36-26)27-13-7-9-17-37-27/h3-13,16-17,19-20,28H,18H2,1-2H3,(H,39,41)(H4,34,35,38,40). The fourth-order valence-corrected chi connectivity index (χ4v) is 4.57. The summed E-state index contributed by atoms with van der Waals surface area (Å²) in [6.07, 6.45) is 5.13. The number of pyridine rings is 2. The number of carbonyl (C=O) groups excluding carboxylic acids is 1. The Balaban J connectivity index is 1.64. The molecule has 5 aromatic rings. The summed E-state index contributed by atoms with van der Waals surface area (Å²) in [5, 5.41) is 3.08. The molecule has 5 rings (SSSR count). The maximum atomic E-state index is 14.1. The molecule has 5 N–H and O–H groups in total. The number of rotatable bonds is 8. The van der Waals surface area contributed by atoms with E-state index in [4.69, 9.17) is 20.9 Å². The molecule has 3 heterocycles. The van der Waals surface area contributed by atoms with Crippen molar-refractivity contribution < 1.29 is 14.3 Å². The minimum atomic E-state index is -0.632. The maximum absolute atomic E-state index is 14.1. The summed E-state index contributed by atoms with van der Waals surface area (Å²) in [5.74, 6) is 6.78. The van der Waals surface area contributed by atoms with Crippen LogP contribution < -0.4 is 26.3 Å². The monoisotopic (exact) mass is 571 g/mol. The Bertz CT molecular complexity index is 1750. The third-order valence-corrected chi connectivity index (χ3v) is 6.62. The number of aromatic nitrogens is 4. The molecule has 0 aliphatic rings. The molecule has 1 amide bonds. The fraction of sp³-hybridized carbons (Fsp3) is 0.121. The van der Waals surface area contributed by atoms with Gasteiger partial charge in [0.2, 0.25) is 5.95 Å². The van der Waals surface area contributed by atoms with E-state index in [-0.39, 0.29) is 29.5 Å². The van der Waals surface area contributed by atoms with Crippen molar-refractivity contribution in [2.24, 2.45) is 0 Å². The lowest BCUT2D eigenvalue weighted by Gasteiger charge is -2.21. The van der Waals surface area contributed by atoms with Crippen LogP contribution in [0.5, 0.6) is 11.5 Å². The minimum Gasteiger partial charge on any atom is -0.492 e. The van der Waals surface area contributed by atoms with Crippen LogP contribution in [0.4, 0.5) is 11.8 Å². The first-order chi connectivity index (χ1) is 21.0. The molecule has 10 heteroatoms. The first kappa shape index (κ1) is 28.6. The summed E-state index contributed by atoms with van der Waals surface area (Å²) in [5.41, 5.74) is 16.0. The molecule has 0 spiro atoms. The van der Waals surface area contributed by atoms with Gasteiger partial charge in [0, 0.05) is 36.1 Å². The number of methoxy groups -OCH3 is 2. The van der Waals surface area contributed by atoms with Crippen LogP contribution >= 0.6 is 0 Å². The van der Waals surface area contributed by atoms with Crippen molar-refractivity contribution in [3.8, 4) is 23.3 Å². The third kappa shape index (κ3) is 6.52. The molecule has 0 aliphatic heterocycles. The molecule has 0 saturated carbocycles. The zero-order chi connectivity index (χ0) is 30.2. The Kier molecular flexibility index (Phi) is 8.73. The van der Waals surface area contributed by atoms with Gasteiger partial charge in [-0.1, -0.05) is 42.2 Å². The van der Waals surface area contributed by atoms with Crippen molar-refractivity contribution in [2.75, 3.05) is 25.7 Å². The molecule has 43 heavy (non-hydrogen) atoms. The lowest BCUT2D eigenvalue weighted by Crippen LogP contribution is -2.31. The number of hydrogen-bond acceptors (Lipinski definition) is 9. The number of nitrogens with zero attached hydrogens (tertiary/aromatic N) is 4. The van der Waals surface area contributed by atoms with Crippen molar-refractivity contribution in [1.82, 2.24) is 25.3 Å². The van der Waals surface area contributed by atoms with E-state index >= 15 is 0 Å². The topological polar surface area (TPSA) is 151 Å². The van der Waals surface area contributed by atoms with Crippen LogP contribution in [0.3, 0.4) is 0 Å². The largest absolute Gasteiger partial charge is 0.492 e. The van der Waals surface area contributed by atoms with Gasteiger partial charge in [0.1, 0.15) is 11.9 Å². The first-order valence-electron chi connectivity index (χ1n) is 13.3. The fourth-order valence-electron chi connectivity index (χ4n) is 4.57. The number of benzene rings is 2. The van der Waals surface area contributed by atoms with Gasteiger partial charge in [0.15, 0.2) is 11.5 Å². The van der Waals surface area contributed by atoms with E-state index in [2.05, 4.69) is 37.1 Å². The van der Waals surface area contributed by atoms with Gasteiger partial charge in [0.25, 0.3) is 5.91 Å². The highest BCUT2D eigenvalue weighted by Gasteiger charge is 2.27. The van der Waals surface area contributed by atoms with Gasteiger partial charge in [-0.2, -0.15) is 4.98 Å². The molecule has 0 atom stereocenters. The molecule has 0 saturated heterocycles. The predicted octanol–water partition coefficient (Wildman–Crippen LogP) is 3.96. The van der Waals surface area contributed by atoms with Gasteiger partial charge in [-0.15, -0.1) is 0 Å². The van der Waals surface area contributed by atoms with Crippen LogP contribution in [0, 0.1) is 11.8 Å². The Morgan fingerprint density at radius 1 is 0.837 bits per heavy atom. The van der Waals surface area contributed by atoms with E-state index in [1.54, 1.807) is 24.7 Å². The zero-order valence-corrected chi connectivity index (χ0v) is 23.6. The van der Waals surface area contributed by atoms with E-state index in [0.717, 1.165) is 5.56 Å². The second-order valence-electron chi connectivity index (χ2n) is 9.37. The van der Waals surface area contributed by atoms with Gasteiger partial charge in [-0.05, 0) is 48.0 Å². The summed E-state index contributed by atoms with van der Waals surface area (Å²) in [6.45, 7) is 0. The van der Waals surface area contributed by atoms with Crippen LogP contribution in [-0.4, -0.2) is 40.1 Å². The Morgan fingerprint density at radius 3 is 2.07 bits per heavy atom. The molecular formula is C33H29N7O3. The average Bonchev–Trinajstić information content (AvgIpc) is 3.04. The predicted molar refractivity (Wildman–Crippen MR) is 163 cm³/mol. The third-order valence-electron chi connectivity index (χ3n) is 6.62. The molecule has 10 nitrogen and oxygen atoms in total. The summed E-state index contributed by atoms with van der Waals surface area (Å²) >= 11 is 0.